The molecule has 2 aromatic rings. The summed E-state index contributed by atoms with van der Waals surface area (Å²) in [6.07, 6.45) is 3.82. The van der Waals surface area contributed by atoms with E-state index in [0.717, 1.165) is 12.3 Å². The van der Waals surface area contributed by atoms with Crippen molar-refractivity contribution in [1.82, 2.24) is 14.8 Å². The van der Waals surface area contributed by atoms with Crippen molar-refractivity contribution in [3.63, 3.8) is 0 Å². The summed E-state index contributed by atoms with van der Waals surface area (Å²) in [5.74, 6) is 0. The third kappa shape index (κ3) is 3.44. The second-order valence-electron chi connectivity index (χ2n) is 5.88. The van der Waals surface area contributed by atoms with Crippen LogP contribution in [0.3, 0.4) is 0 Å². The van der Waals surface area contributed by atoms with Crippen LogP contribution in [-0.4, -0.2) is 35.7 Å². The highest BCUT2D eigenvalue weighted by molar-refractivity contribution is 6.76. The Bertz CT molecular complexity index is 622. The van der Waals surface area contributed by atoms with Crippen molar-refractivity contribution in [3.05, 3.63) is 23.1 Å². The maximum Gasteiger partial charge on any atom is 0.153 e. The second-order valence-corrected chi connectivity index (χ2v) is 11.9. The maximum atomic E-state index is 11.1. The molecule has 2 heterocycles. The molecule has 0 amide bonds. The van der Waals surface area contributed by atoms with Gasteiger partial charge in [-0.1, -0.05) is 31.2 Å². The van der Waals surface area contributed by atoms with Crippen LogP contribution in [0.5, 0.6) is 0 Å². The van der Waals surface area contributed by atoms with Gasteiger partial charge in [-0.2, -0.15) is 5.10 Å². The van der Waals surface area contributed by atoms with Gasteiger partial charge in [0.15, 0.2) is 6.29 Å². The standard InChI is InChI=1S/C13H18ClN3O2Si/c1-20(2,3)5-4-19-9-17-12-10(8-18)6-15-13(14)11(12)7-16-17/h6-8H,4-5,9H2,1-3H3. The first-order chi connectivity index (χ1) is 9.42. The summed E-state index contributed by atoms with van der Waals surface area (Å²) in [6.45, 7) is 7.92. The Morgan fingerprint density at radius 2 is 2.15 bits per heavy atom. The molecule has 2 aromatic heterocycles. The summed E-state index contributed by atoms with van der Waals surface area (Å²) in [4.78, 5) is 15.0. The SMILES string of the molecule is C[Si](C)(C)CCOCn1ncc2c(Cl)ncc(C=O)c21. The lowest BCUT2D eigenvalue weighted by molar-refractivity contribution is 0.0815. The molecule has 20 heavy (non-hydrogen) atoms. The molecule has 0 aromatic carbocycles. The van der Waals surface area contributed by atoms with Gasteiger partial charge in [0, 0.05) is 20.9 Å². The van der Waals surface area contributed by atoms with Crippen molar-refractivity contribution < 1.29 is 9.53 Å². The number of nitrogens with zero attached hydrogens (tertiary/aromatic N) is 3. The Balaban J connectivity index is 2.15. The molecule has 0 bridgehead atoms. The van der Waals surface area contributed by atoms with Crippen LogP contribution in [-0.2, 0) is 11.5 Å². The smallest absolute Gasteiger partial charge is 0.153 e. The summed E-state index contributed by atoms with van der Waals surface area (Å²) in [6, 6.07) is 1.09. The molecule has 0 aliphatic heterocycles. The van der Waals surface area contributed by atoms with Gasteiger partial charge >= 0.3 is 0 Å². The van der Waals surface area contributed by atoms with Crippen LogP contribution in [0.25, 0.3) is 10.9 Å². The van der Waals surface area contributed by atoms with E-state index in [2.05, 4.69) is 29.7 Å². The molecule has 108 valence electrons. The Morgan fingerprint density at radius 1 is 1.40 bits per heavy atom. The fourth-order valence-corrected chi connectivity index (χ4v) is 2.76. The average molecular weight is 312 g/mol. The summed E-state index contributed by atoms with van der Waals surface area (Å²) < 4.78 is 7.31. The number of rotatable bonds is 6. The Labute approximate surface area is 123 Å². The van der Waals surface area contributed by atoms with Gasteiger partial charge in [0.2, 0.25) is 0 Å². The molecule has 0 N–H and O–H groups in total. The lowest BCUT2D eigenvalue weighted by atomic mass is 10.2. The van der Waals surface area contributed by atoms with E-state index < -0.39 is 8.07 Å². The van der Waals surface area contributed by atoms with Gasteiger partial charge in [-0.05, 0) is 6.04 Å². The number of pyridine rings is 1. The molecule has 0 saturated heterocycles. The van der Waals surface area contributed by atoms with Crippen molar-refractivity contribution >= 4 is 36.9 Å². The first-order valence-electron chi connectivity index (χ1n) is 6.45. The number of aromatic nitrogens is 3. The third-order valence-electron chi connectivity index (χ3n) is 2.99. The maximum absolute atomic E-state index is 11.1. The van der Waals surface area contributed by atoms with Gasteiger partial charge in [0.25, 0.3) is 0 Å². The number of hydrogen-bond donors (Lipinski definition) is 0. The molecule has 0 aliphatic rings. The predicted molar refractivity (Wildman–Crippen MR) is 82.0 cm³/mol. The van der Waals surface area contributed by atoms with Crippen molar-refractivity contribution in [1.29, 1.82) is 0 Å². The number of fused-ring (bicyclic) bond motifs is 1. The number of halogens is 1. The molecule has 7 heteroatoms. The van der Waals surface area contributed by atoms with E-state index in [1.54, 1.807) is 10.9 Å². The summed E-state index contributed by atoms with van der Waals surface area (Å²) in [5.41, 5.74) is 1.14. The van der Waals surface area contributed by atoms with E-state index in [0.29, 0.717) is 35.0 Å². The molecule has 0 atom stereocenters. The topological polar surface area (TPSA) is 57.0 Å². The minimum atomic E-state index is -1.10. The van der Waals surface area contributed by atoms with Crippen LogP contribution < -0.4 is 0 Å². The molecule has 0 radical (unpaired) electrons. The Hall–Kier alpha value is -1.24. The van der Waals surface area contributed by atoms with E-state index in [9.17, 15) is 4.79 Å². The highest BCUT2D eigenvalue weighted by Gasteiger charge is 2.14. The van der Waals surface area contributed by atoms with Gasteiger partial charge < -0.3 is 4.74 Å². The summed E-state index contributed by atoms with van der Waals surface area (Å²) in [5, 5.41) is 5.24. The van der Waals surface area contributed by atoms with Crippen LogP contribution in [0.2, 0.25) is 30.8 Å². The van der Waals surface area contributed by atoms with Crippen LogP contribution in [0, 0.1) is 0 Å². The predicted octanol–water partition coefficient (Wildman–Crippen LogP) is 3.21. The third-order valence-corrected chi connectivity index (χ3v) is 4.99. The van der Waals surface area contributed by atoms with Crippen LogP contribution in [0.15, 0.2) is 12.4 Å². The number of aldehydes is 1. The molecule has 2 rings (SSSR count). The van der Waals surface area contributed by atoms with Crippen LogP contribution in [0.4, 0.5) is 0 Å². The normalized spacial score (nSPS) is 12.0. The highest BCUT2D eigenvalue weighted by atomic mass is 35.5. The Kier molecular flexibility index (Phi) is 4.57. The van der Waals surface area contributed by atoms with Crippen LogP contribution >= 0.6 is 11.6 Å². The fraction of sp³-hybridized carbons (Fsp3) is 0.462. The number of carbonyl (C=O) groups excluding carboxylic acids is 1. The minimum Gasteiger partial charge on any atom is -0.360 e. The van der Waals surface area contributed by atoms with E-state index >= 15 is 0 Å². The first kappa shape index (κ1) is 15.2. The summed E-state index contributed by atoms with van der Waals surface area (Å²) >= 11 is 6.00. The van der Waals surface area contributed by atoms with E-state index in [-0.39, 0.29) is 0 Å². The molecule has 0 spiro atoms. The van der Waals surface area contributed by atoms with E-state index in [1.807, 2.05) is 0 Å². The average Bonchev–Trinajstić information content (AvgIpc) is 2.79. The zero-order valence-corrected chi connectivity index (χ0v) is 13.6. The Morgan fingerprint density at radius 3 is 2.80 bits per heavy atom. The molecule has 5 nitrogen and oxygen atoms in total. The summed E-state index contributed by atoms with van der Waals surface area (Å²) in [7, 11) is -1.10. The number of hydrogen-bond acceptors (Lipinski definition) is 4. The quantitative estimate of drug-likeness (QED) is 0.356. The second kappa shape index (κ2) is 6.03. The zero-order valence-electron chi connectivity index (χ0n) is 11.9. The highest BCUT2D eigenvalue weighted by Crippen LogP contribution is 2.23. The fourth-order valence-electron chi connectivity index (χ4n) is 1.81. The monoisotopic (exact) mass is 311 g/mol. The van der Waals surface area contributed by atoms with Gasteiger partial charge in [0.1, 0.15) is 11.9 Å². The molecule has 0 unspecified atom stereocenters. The van der Waals surface area contributed by atoms with Gasteiger partial charge in [-0.3, -0.25) is 4.79 Å². The number of carbonyl (C=O) groups is 1. The van der Waals surface area contributed by atoms with E-state index in [1.165, 1.54) is 6.20 Å². The molecule has 0 aliphatic carbocycles. The van der Waals surface area contributed by atoms with Gasteiger partial charge in [-0.25, -0.2) is 9.67 Å². The molecular weight excluding hydrogens is 294 g/mol. The molecular formula is C13H18ClN3O2Si. The van der Waals surface area contributed by atoms with Crippen molar-refractivity contribution in [3.8, 4) is 0 Å². The van der Waals surface area contributed by atoms with Gasteiger partial charge in [0.05, 0.1) is 22.7 Å². The van der Waals surface area contributed by atoms with Crippen molar-refractivity contribution in [2.45, 2.75) is 32.4 Å². The van der Waals surface area contributed by atoms with Crippen molar-refractivity contribution in [2.24, 2.45) is 0 Å². The van der Waals surface area contributed by atoms with Crippen LogP contribution in [0.1, 0.15) is 10.4 Å². The molecule has 0 fully saturated rings. The van der Waals surface area contributed by atoms with Gasteiger partial charge in [-0.15, -0.1) is 0 Å². The molecule has 0 saturated carbocycles. The largest absolute Gasteiger partial charge is 0.360 e. The lowest BCUT2D eigenvalue weighted by Gasteiger charge is -2.15. The zero-order chi connectivity index (χ0) is 14.8. The van der Waals surface area contributed by atoms with Crippen molar-refractivity contribution in [2.75, 3.05) is 6.61 Å². The first-order valence-corrected chi connectivity index (χ1v) is 10.5. The van der Waals surface area contributed by atoms with E-state index in [4.69, 9.17) is 16.3 Å². The lowest BCUT2D eigenvalue weighted by Crippen LogP contribution is -2.22. The number of ether oxygens (including phenoxy) is 1. The minimum absolute atomic E-state index is 0.315.